The van der Waals surface area contributed by atoms with Gasteiger partial charge in [-0.15, -0.1) is 0 Å². The topological polar surface area (TPSA) is 185 Å². The number of carboxylic acids is 2. The lowest BCUT2D eigenvalue weighted by molar-refractivity contribution is -0.196. The summed E-state index contributed by atoms with van der Waals surface area (Å²) in [6.45, 7) is 0. The number of aliphatic hydroxyl groups is 2. The highest BCUT2D eigenvalue weighted by atomic mass is 19.3. The highest BCUT2D eigenvalue weighted by molar-refractivity contribution is 5.90. The molecule has 6 N–H and O–H groups in total. The SMILES string of the molecule is Nc1ccn([C@@H]2O[C@H]([C@H](O)c3ccccc3C(=O)O)[C@](O)(c3ccccc3C(=O)O)C2(F)F)c(=O)n1. The van der Waals surface area contributed by atoms with E-state index in [-0.39, 0.29) is 11.4 Å². The van der Waals surface area contributed by atoms with Crippen molar-refractivity contribution in [1.82, 2.24) is 9.55 Å². The average Bonchev–Trinajstić information content (AvgIpc) is 3.05. The summed E-state index contributed by atoms with van der Waals surface area (Å²) in [5.41, 5.74) is -1.81. The van der Waals surface area contributed by atoms with Crippen molar-refractivity contribution in [3.05, 3.63) is 93.5 Å². The molecule has 1 saturated heterocycles. The fraction of sp³-hybridized carbons (Fsp3) is 0.217. The molecule has 3 aromatic rings. The van der Waals surface area contributed by atoms with Gasteiger partial charge in [-0.05, 0) is 23.8 Å². The van der Waals surface area contributed by atoms with Gasteiger partial charge < -0.3 is 30.9 Å². The number of anilines is 1. The van der Waals surface area contributed by atoms with Crippen LogP contribution in [0.1, 0.15) is 44.2 Å². The fourth-order valence-electron chi connectivity index (χ4n) is 4.30. The first-order chi connectivity index (χ1) is 16.9. The van der Waals surface area contributed by atoms with Crippen molar-refractivity contribution in [3.8, 4) is 0 Å². The normalized spacial score (nSPS) is 23.8. The number of benzene rings is 2. The molecule has 1 aliphatic heterocycles. The molecule has 1 aromatic heterocycles. The Morgan fingerprint density at radius 1 is 1.03 bits per heavy atom. The summed E-state index contributed by atoms with van der Waals surface area (Å²) in [5, 5.41) is 41.9. The average molecular weight is 503 g/mol. The summed E-state index contributed by atoms with van der Waals surface area (Å²) >= 11 is 0. The zero-order chi connectivity index (χ0) is 26.4. The second kappa shape index (κ2) is 8.78. The Kier molecular flexibility index (Phi) is 6.08. The minimum absolute atomic E-state index is 0.281. The Morgan fingerprint density at radius 3 is 2.22 bits per heavy atom. The van der Waals surface area contributed by atoms with Crippen molar-refractivity contribution >= 4 is 17.8 Å². The molecule has 0 amide bonds. The number of hydrogen-bond donors (Lipinski definition) is 5. The number of carbonyl (C=O) groups is 2. The Balaban J connectivity index is 1.99. The number of rotatable bonds is 6. The van der Waals surface area contributed by atoms with Crippen LogP contribution in [0, 0.1) is 0 Å². The van der Waals surface area contributed by atoms with Gasteiger partial charge in [0.15, 0.2) is 5.60 Å². The van der Waals surface area contributed by atoms with Crippen molar-refractivity contribution in [3.63, 3.8) is 0 Å². The van der Waals surface area contributed by atoms with Crippen molar-refractivity contribution in [2.45, 2.75) is 30.0 Å². The summed E-state index contributed by atoms with van der Waals surface area (Å²) < 4.78 is 38.0. The van der Waals surface area contributed by atoms with Crippen LogP contribution in [0.3, 0.4) is 0 Å². The number of nitrogen functional groups attached to an aromatic ring is 1. The standard InChI is InChI=1S/C23H19F2N3O8/c24-23(25)20(28-10-9-15(26)27-21(28)34)36-17(16(29)11-5-1-2-6-12(11)18(30)31)22(23,35)14-8-4-3-7-13(14)19(32)33/h1-10,16-17,20,29,35H,(H,30,31)(H,32,33)(H2,26,27,34)/t16-,17-,20-,22-/m1/s1. The lowest BCUT2D eigenvalue weighted by Gasteiger charge is -2.36. The molecule has 0 spiro atoms. The highest BCUT2D eigenvalue weighted by Gasteiger charge is 2.73. The molecule has 2 aromatic carbocycles. The van der Waals surface area contributed by atoms with E-state index in [1.807, 2.05) is 0 Å². The third kappa shape index (κ3) is 3.69. The van der Waals surface area contributed by atoms with E-state index < -0.39 is 64.3 Å². The summed E-state index contributed by atoms with van der Waals surface area (Å²) in [7, 11) is 0. The van der Waals surface area contributed by atoms with Gasteiger partial charge in [0.25, 0.3) is 0 Å². The second-order valence-corrected chi connectivity index (χ2v) is 8.03. The quantitative estimate of drug-likeness (QED) is 0.329. The number of aliphatic hydroxyl groups excluding tert-OH is 1. The minimum atomic E-state index is -4.45. The molecule has 0 aliphatic carbocycles. The number of aromatic nitrogens is 2. The Bertz CT molecular complexity index is 1410. The summed E-state index contributed by atoms with van der Waals surface area (Å²) in [5.74, 6) is -7.90. The Morgan fingerprint density at radius 2 is 1.61 bits per heavy atom. The van der Waals surface area contributed by atoms with E-state index >= 15 is 8.78 Å². The van der Waals surface area contributed by atoms with Gasteiger partial charge in [-0.3, -0.25) is 4.57 Å². The number of hydrogen-bond acceptors (Lipinski definition) is 8. The first-order valence-electron chi connectivity index (χ1n) is 10.3. The van der Waals surface area contributed by atoms with Gasteiger partial charge >= 0.3 is 23.6 Å². The van der Waals surface area contributed by atoms with Crippen LogP contribution in [0.2, 0.25) is 0 Å². The van der Waals surface area contributed by atoms with Gasteiger partial charge in [0, 0.05) is 11.8 Å². The number of alkyl halides is 2. The van der Waals surface area contributed by atoms with E-state index in [0.29, 0.717) is 4.57 Å². The summed E-state index contributed by atoms with van der Waals surface area (Å²) in [4.78, 5) is 39.3. The van der Waals surface area contributed by atoms with Gasteiger partial charge in [-0.25, -0.2) is 14.4 Å². The molecule has 0 saturated carbocycles. The maximum atomic E-state index is 16.1. The zero-order valence-corrected chi connectivity index (χ0v) is 18.2. The van der Waals surface area contributed by atoms with Crippen LogP contribution in [-0.2, 0) is 10.3 Å². The fourth-order valence-corrected chi connectivity index (χ4v) is 4.30. The predicted octanol–water partition coefficient (Wildman–Crippen LogP) is 1.38. The molecule has 36 heavy (non-hydrogen) atoms. The van der Waals surface area contributed by atoms with Crippen molar-refractivity contribution in [1.29, 1.82) is 0 Å². The van der Waals surface area contributed by atoms with Crippen LogP contribution < -0.4 is 11.4 Å². The van der Waals surface area contributed by atoms with Crippen LogP contribution in [-0.4, -0.2) is 53.9 Å². The van der Waals surface area contributed by atoms with Crippen molar-refractivity contribution < 1.29 is 43.5 Å². The molecular weight excluding hydrogens is 484 g/mol. The van der Waals surface area contributed by atoms with E-state index in [0.717, 1.165) is 36.5 Å². The highest BCUT2D eigenvalue weighted by Crippen LogP contribution is 2.57. The molecule has 11 nitrogen and oxygen atoms in total. The smallest absolute Gasteiger partial charge is 0.351 e. The first-order valence-corrected chi connectivity index (χ1v) is 10.3. The number of nitrogens with two attached hydrogens (primary N) is 1. The van der Waals surface area contributed by atoms with Crippen LogP contribution in [0.4, 0.5) is 14.6 Å². The van der Waals surface area contributed by atoms with Gasteiger partial charge in [0.2, 0.25) is 6.23 Å². The van der Waals surface area contributed by atoms with E-state index in [4.69, 9.17) is 10.5 Å². The molecule has 4 rings (SSSR count). The van der Waals surface area contributed by atoms with Gasteiger partial charge in [-0.1, -0.05) is 36.4 Å². The molecular formula is C23H19F2N3O8. The molecule has 13 heteroatoms. The lowest BCUT2D eigenvalue weighted by Crippen LogP contribution is -2.53. The molecule has 0 radical (unpaired) electrons. The van der Waals surface area contributed by atoms with Crippen molar-refractivity contribution in [2.75, 3.05) is 5.73 Å². The number of ether oxygens (including phenoxy) is 1. The third-order valence-electron chi connectivity index (χ3n) is 5.97. The van der Waals surface area contributed by atoms with Crippen molar-refractivity contribution in [2.24, 2.45) is 0 Å². The Hall–Kier alpha value is -4.20. The molecule has 1 fully saturated rings. The molecule has 188 valence electrons. The largest absolute Gasteiger partial charge is 0.478 e. The number of aromatic carboxylic acids is 2. The Labute approximate surface area is 200 Å². The third-order valence-corrected chi connectivity index (χ3v) is 5.97. The lowest BCUT2D eigenvalue weighted by atomic mass is 9.77. The van der Waals surface area contributed by atoms with Gasteiger partial charge in [-0.2, -0.15) is 13.8 Å². The predicted molar refractivity (Wildman–Crippen MR) is 117 cm³/mol. The number of carboxylic acid groups (broad SMARTS) is 2. The molecule has 0 unspecified atom stereocenters. The van der Waals surface area contributed by atoms with Crippen LogP contribution in [0.15, 0.2) is 65.6 Å². The van der Waals surface area contributed by atoms with Gasteiger partial charge in [0.1, 0.15) is 18.0 Å². The first kappa shape index (κ1) is 24.9. The molecule has 1 aliphatic rings. The van der Waals surface area contributed by atoms with E-state index in [9.17, 15) is 34.8 Å². The second-order valence-electron chi connectivity index (χ2n) is 8.03. The molecule has 4 atom stereocenters. The molecule has 0 bridgehead atoms. The van der Waals surface area contributed by atoms with Crippen LogP contribution >= 0.6 is 0 Å². The van der Waals surface area contributed by atoms with Crippen LogP contribution in [0.25, 0.3) is 0 Å². The maximum absolute atomic E-state index is 16.1. The van der Waals surface area contributed by atoms with E-state index in [2.05, 4.69) is 4.98 Å². The molecule has 2 heterocycles. The zero-order valence-electron chi connectivity index (χ0n) is 18.2. The van der Waals surface area contributed by atoms with Crippen LogP contribution in [0.5, 0.6) is 0 Å². The van der Waals surface area contributed by atoms with E-state index in [1.165, 1.54) is 24.3 Å². The minimum Gasteiger partial charge on any atom is -0.478 e. The monoisotopic (exact) mass is 503 g/mol. The van der Waals surface area contributed by atoms with E-state index in [1.54, 1.807) is 0 Å². The number of nitrogens with zero attached hydrogens (tertiary/aromatic N) is 2. The summed E-state index contributed by atoms with van der Waals surface area (Å²) in [6.07, 6.45) is -6.30. The van der Waals surface area contributed by atoms with Gasteiger partial charge in [0.05, 0.1) is 11.1 Å². The summed E-state index contributed by atoms with van der Waals surface area (Å²) in [6, 6.07) is 10.2. The number of halogens is 2. The maximum Gasteiger partial charge on any atom is 0.351 e.